The number of nitrogens with two attached hydrogens (primary N) is 1. The fourth-order valence-corrected chi connectivity index (χ4v) is 1.65. The number of hydrogen-bond acceptors (Lipinski definition) is 3. The van der Waals surface area contributed by atoms with E-state index < -0.39 is 5.60 Å². The molecule has 16 heavy (non-hydrogen) atoms. The van der Waals surface area contributed by atoms with Gasteiger partial charge in [0.25, 0.3) is 0 Å². The highest BCUT2D eigenvalue weighted by atomic mass is 16.3. The number of nitrogens with one attached hydrogen (secondary N) is 1. The van der Waals surface area contributed by atoms with Gasteiger partial charge in [-0.15, -0.1) is 0 Å². The zero-order valence-electron chi connectivity index (χ0n) is 10.4. The zero-order valence-corrected chi connectivity index (χ0v) is 10.4. The van der Waals surface area contributed by atoms with Crippen molar-refractivity contribution in [2.75, 3.05) is 19.6 Å². The Kier molecular flexibility index (Phi) is 3.80. The number of aliphatic hydroxyl groups is 1. The lowest BCUT2D eigenvalue weighted by Gasteiger charge is -2.28. The van der Waals surface area contributed by atoms with E-state index in [0.29, 0.717) is 19.5 Å². The van der Waals surface area contributed by atoms with E-state index in [1.807, 2.05) is 20.8 Å². The van der Waals surface area contributed by atoms with Crippen LogP contribution in [0.3, 0.4) is 0 Å². The second-order valence-corrected chi connectivity index (χ2v) is 5.27. The average molecular weight is 229 g/mol. The van der Waals surface area contributed by atoms with Crippen molar-refractivity contribution in [3.05, 3.63) is 0 Å². The van der Waals surface area contributed by atoms with Crippen molar-refractivity contribution in [3.63, 3.8) is 0 Å². The van der Waals surface area contributed by atoms with E-state index in [1.54, 1.807) is 4.90 Å². The highest BCUT2D eigenvalue weighted by molar-refractivity contribution is 5.75. The Morgan fingerprint density at radius 3 is 2.69 bits per heavy atom. The molecule has 0 aromatic rings. The lowest BCUT2D eigenvalue weighted by molar-refractivity contribution is 0.0608. The van der Waals surface area contributed by atoms with Gasteiger partial charge in [0.15, 0.2) is 0 Å². The number of β-amino-alcohol motifs (C(OH)–C–C–N with tert-alkyl or cyclic N) is 1. The van der Waals surface area contributed by atoms with Crippen molar-refractivity contribution >= 4 is 6.03 Å². The summed E-state index contributed by atoms with van der Waals surface area (Å²) in [6.45, 7) is 7.09. The highest BCUT2D eigenvalue weighted by Crippen LogP contribution is 2.20. The fraction of sp³-hybridized carbons (Fsp3) is 0.909. The van der Waals surface area contributed by atoms with Crippen LogP contribution < -0.4 is 11.1 Å². The average Bonchev–Trinajstić information content (AvgIpc) is 2.62. The molecule has 5 heteroatoms. The molecule has 1 aliphatic heterocycles. The smallest absolute Gasteiger partial charge is 0.317 e. The molecule has 94 valence electrons. The molecule has 1 atom stereocenters. The lowest BCUT2D eigenvalue weighted by Crippen LogP contribution is -2.50. The van der Waals surface area contributed by atoms with Crippen LogP contribution in [0.25, 0.3) is 0 Å². The highest BCUT2D eigenvalue weighted by Gasteiger charge is 2.37. The molecule has 1 fully saturated rings. The third-order valence-electron chi connectivity index (χ3n) is 3.33. The molecule has 0 saturated carbocycles. The molecule has 0 spiro atoms. The Balaban J connectivity index is 2.52. The van der Waals surface area contributed by atoms with Crippen LogP contribution in [0.4, 0.5) is 4.79 Å². The number of hydrogen-bond donors (Lipinski definition) is 3. The first-order valence-corrected chi connectivity index (χ1v) is 5.81. The fourth-order valence-electron chi connectivity index (χ4n) is 1.65. The predicted octanol–water partition coefficient (Wildman–Crippen LogP) is 0.280. The van der Waals surface area contributed by atoms with E-state index in [1.165, 1.54) is 0 Å². The second-order valence-electron chi connectivity index (χ2n) is 5.27. The van der Waals surface area contributed by atoms with Crippen LogP contribution in [0.15, 0.2) is 0 Å². The first-order valence-electron chi connectivity index (χ1n) is 5.81. The van der Waals surface area contributed by atoms with Gasteiger partial charge in [-0.2, -0.15) is 0 Å². The molecule has 2 amide bonds. The van der Waals surface area contributed by atoms with Crippen LogP contribution in [-0.2, 0) is 0 Å². The van der Waals surface area contributed by atoms with E-state index in [0.717, 1.165) is 6.42 Å². The van der Waals surface area contributed by atoms with Crippen molar-refractivity contribution in [3.8, 4) is 0 Å². The summed E-state index contributed by atoms with van der Waals surface area (Å²) in [6, 6.07) is -0.115. The van der Waals surface area contributed by atoms with Gasteiger partial charge in [-0.25, -0.2) is 4.79 Å². The number of carbonyl (C=O) groups excluding carboxylic acids is 1. The van der Waals surface area contributed by atoms with E-state index in [-0.39, 0.29) is 18.1 Å². The van der Waals surface area contributed by atoms with E-state index in [2.05, 4.69) is 5.32 Å². The van der Waals surface area contributed by atoms with Crippen molar-refractivity contribution in [1.29, 1.82) is 0 Å². The van der Waals surface area contributed by atoms with Gasteiger partial charge in [-0.1, -0.05) is 6.92 Å². The van der Waals surface area contributed by atoms with Crippen molar-refractivity contribution < 1.29 is 9.90 Å². The zero-order chi connectivity index (χ0) is 12.4. The first-order chi connectivity index (χ1) is 7.32. The Bertz CT molecular complexity index is 268. The number of nitrogens with zero attached hydrogens (tertiary/aromatic N) is 1. The van der Waals surface area contributed by atoms with E-state index in [4.69, 9.17) is 5.73 Å². The summed E-state index contributed by atoms with van der Waals surface area (Å²) in [5.41, 5.74) is 4.37. The topological polar surface area (TPSA) is 78.6 Å². The third-order valence-corrected chi connectivity index (χ3v) is 3.33. The minimum absolute atomic E-state index is 0.115. The SMILES string of the molecule is CCC(C)(C)NC(=O)N1CCC(O)(CN)C1. The molecule has 0 aliphatic carbocycles. The molecule has 0 bridgehead atoms. The monoisotopic (exact) mass is 229 g/mol. The van der Waals surface area contributed by atoms with Gasteiger partial charge >= 0.3 is 6.03 Å². The summed E-state index contributed by atoms with van der Waals surface area (Å²) < 4.78 is 0. The molecule has 0 aromatic heterocycles. The largest absolute Gasteiger partial charge is 0.387 e. The second kappa shape index (κ2) is 4.59. The van der Waals surface area contributed by atoms with E-state index in [9.17, 15) is 9.90 Å². The molecule has 1 heterocycles. The van der Waals surface area contributed by atoms with Gasteiger partial charge in [0.05, 0.1) is 12.1 Å². The Labute approximate surface area is 97.0 Å². The molecule has 0 aromatic carbocycles. The van der Waals surface area contributed by atoms with Crippen LogP contribution in [0.1, 0.15) is 33.6 Å². The Hall–Kier alpha value is -0.810. The molecular weight excluding hydrogens is 206 g/mol. The maximum absolute atomic E-state index is 11.9. The van der Waals surface area contributed by atoms with Gasteiger partial charge in [0.2, 0.25) is 0 Å². The summed E-state index contributed by atoms with van der Waals surface area (Å²) in [7, 11) is 0. The summed E-state index contributed by atoms with van der Waals surface area (Å²) in [5, 5.41) is 12.9. The molecule has 1 aliphatic rings. The number of carbonyl (C=O) groups is 1. The molecule has 1 rings (SSSR count). The van der Waals surface area contributed by atoms with Crippen LogP contribution in [0.5, 0.6) is 0 Å². The molecule has 1 unspecified atom stereocenters. The van der Waals surface area contributed by atoms with Gasteiger partial charge in [-0.05, 0) is 26.7 Å². The third kappa shape index (κ3) is 3.09. The van der Waals surface area contributed by atoms with Gasteiger partial charge in [-0.3, -0.25) is 0 Å². The number of amides is 2. The minimum Gasteiger partial charge on any atom is -0.387 e. The Morgan fingerprint density at radius 2 is 2.25 bits per heavy atom. The molecule has 5 nitrogen and oxygen atoms in total. The summed E-state index contributed by atoms with van der Waals surface area (Å²) in [6.07, 6.45) is 1.43. The van der Waals surface area contributed by atoms with Gasteiger partial charge in [0, 0.05) is 18.6 Å². The molecule has 1 saturated heterocycles. The lowest BCUT2D eigenvalue weighted by atomic mass is 10.0. The molecule has 0 radical (unpaired) electrons. The summed E-state index contributed by atoms with van der Waals surface area (Å²) >= 11 is 0. The van der Waals surface area contributed by atoms with Gasteiger partial charge < -0.3 is 21.1 Å². The normalized spacial score (nSPS) is 25.9. The summed E-state index contributed by atoms with van der Waals surface area (Å²) in [5.74, 6) is 0. The van der Waals surface area contributed by atoms with Crippen molar-refractivity contribution in [2.45, 2.75) is 44.8 Å². The van der Waals surface area contributed by atoms with Crippen LogP contribution in [0, 0.1) is 0 Å². The van der Waals surface area contributed by atoms with E-state index >= 15 is 0 Å². The summed E-state index contributed by atoms with van der Waals surface area (Å²) in [4.78, 5) is 13.5. The van der Waals surface area contributed by atoms with Crippen LogP contribution >= 0.6 is 0 Å². The standard InChI is InChI=1S/C11H23N3O2/c1-4-10(2,3)13-9(15)14-6-5-11(16,7-12)8-14/h16H,4-8,12H2,1-3H3,(H,13,15). The predicted molar refractivity (Wildman–Crippen MR) is 63.1 cm³/mol. The maximum Gasteiger partial charge on any atom is 0.317 e. The quantitative estimate of drug-likeness (QED) is 0.650. The minimum atomic E-state index is -0.895. The number of urea groups is 1. The number of likely N-dealkylation sites (tertiary alicyclic amines) is 1. The molecular formula is C11H23N3O2. The van der Waals surface area contributed by atoms with Gasteiger partial charge in [0.1, 0.15) is 0 Å². The van der Waals surface area contributed by atoms with Crippen LogP contribution in [-0.4, -0.2) is 46.8 Å². The number of rotatable bonds is 3. The molecule has 4 N–H and O–H groups in total. The van der Waals surface area contributed by atoms with Crippen LogP contribution in [0.2, 0.25) is 0 Å². The van der Waals surface area contributed by atoms with Crippen molar-refractivity contribution in [2.24, 2.45) is 5.73 Å². The first kappa shape index (κ1) is 13.3. The maximum atomic E-state index is 11.9. The van der Waals surface area contributed by atoms with Crippen molar-refractivity contribution in [1.82, 2.24) is 10.2 Å². The Morgan fingerprint density at radius 1 is 1.62 bits per heavy atom.